The van der Waals surface area contributed by atoms with Gasteiger partial charge >= 0.3 is 0 Å². The monoisotopic (exact) mass is 343 g/mol. The molecule has 0 saturated carbocycles. The second-order valence-electron chi connectivity index (χ2n) is 5.07. The topological polar surface area (TPSA) is 73.3 Å². The summed E-state index contributed by atoms with van der Waals surface area (Å²) < 4.78 is 15.0. The van der Waals surface area contributed by atoms with Crippen LogP contribution in [0.4, 0.5) is 5.00 Å². The Morgan fingerprint density at radius 1 is 1.17 bits per heavy atom. The third kappa shape index (κ3) is 3.03. The van der Waals surface area contributed by atoms with Gasteiger partial charge in [0.15, 0.2) is 11.5 Å². The lowest BCUT2D eigenvalue weighted by molar-refractivity contribution is -0.115. The fourth-order valence-corrected chi connectivity index (χ4v) is 3.04. The number of anilines is 1. The summed E-state index contributed by atoms with van der Waals surface area (Å²) in [6.45, 7) is 1.81. The number of hydrogen-bond acceptors (Lipinski definition) is 6. The molecule has 0 fully saturated rings. The van der Waals surface area contributed by atoms with Crippen molar-refractivity contribution < 1.29 is 14.3 Å². The summed E-state index contributed by atoms with van der Waals surface area (Å²) in [6, 6.07) is 7.64. The summed E-state index contributed by atoms with van der Waals surface area (Å²) in [5.74, 6) is 1.28. The first-order valence-corrected chi connectivity index (χ1v) is 8.21. The van der Waals surface area contributed by atoms with Gasteiger partial charge in [0, 0.05) is 18.2 Å². The summed E-state index contributed by atoms with van der Waals surface area (Å²) >= 11 is 1.24. The molecule has 0 atom stereocenters. The van der Waals surface area contributed by atoms with E-state index in [4.69, 9.17) is 9.47 Å². The number of nitrogens with one attached hydrogen (secondary N) is 1. The summed E-state index contributed by atoms with van der Waals surface area (Å²) in [5.41, 5.74) is 3.32. The summed E-state index contributed by atoms with van der Waals surface area (Å²) in [4.78, 5) is 16.0. The first kappa shape index (κ1) is 16.2. The Bertz CT molecular complexity index is 892. The number of amides is 1. The van der Waals surface area contributed by atoms with Gasteiger partial charge in [-0.05, 0) is 35.3 Å². The van der Waals surface area contributed by atoms with Crippen molar-refractivity contribution >= 4 is 33.5 Å². The molecule has 0 unspecified atom stereocenters. The van der Waals surface area contributed by atoms with Gasteiger partial charge in [0.05, 0.1) is 14.2 Å². The molecule has 0 aliphatic carbocycles. The van der Waals surface area contributed by atoms with Gasteiger partial charge in [0.25, 0.3) is 0 Å². The minimum absolute atomic E-state index is 0.0497. The predicted octanol–water partition coefficient (Wildman–Crippen LogP) is 3.72. The Morgan fingerprint density at radius 3 is 2.67 bits per heavy atom. The second kappa shape index (κ2) is 6.84. The number of methoxy groups -OCH3 is 2. The zero-order chi connectivity index (χ0) is 17.1. The summed E-state index contributed by atoms with van der Waals surface area (Å²) in [6.07, 6.45) is 2.18. The van der Waals surface area contributed by atoms with Crippen LogP contribution in [0.1, 0.15) is 13.3 Å². The largest absolute Gasteiger partial charge is 0.493 e. The van der Waals surface area contributed by atoms with E-state index in [1.165, 1.54) is 11.5 Å². The minimum atomic E-state index is -0.0497. The van der Waals surface area contributed by atoms with Gasteiger partial charge in [-0.1, -0.05) is 13.0 Å². The van der Waals surface area contributed by atoms with Crippen molar-refractivity contribution in [1.82, 2.24) is 9.36 Å². The Hall–Kier alpha value is -2.67. The number of ether oxygens (including phenoxy) is 2. The fourth-order valence-electron chi connectivity index (χ4n) is 2.31. The molecular weight excluding hydrogens is 326 g/mol. The average Bonchev–Trinajstić information content (AvgIpc) is 3.02. The first-order chi connectivity index (χ1) is 11.7. The average molecular weight is 343 g/mol. The van der Waals surface area contributed by atoms with Gasteiger partial charge in [0.2, 0.25) is 5.91 Å². The van der Waals surface area contributed by atoms with E-state index in [2.05, 4.69) is 14.7 Å². The van der Waals surface area contributed by atoms with Crippen LogP contribution in [-0.4, -0.2) is 29.5 Å². The van der Waals surface area contributed by atoms with Crippen molar-refractivity contribution in [3.63, 3.8) is 0 Å². The van der Waals surface area contributed by atoms with Crippen LogP contribution < -0.4 is 14.8 Å². The van der Waals surface area contributed by atoms with Crippen molar-refractivity contribution in [2.75, 3.05) is 19.5 Å². The van der Waals surface area contributed by atoms with Crippen LogP contribution in [0.5, 0.6) is 11.5 Å². The number of hydrogen-bond donors (Lipinski definition) is 1. The molecule has 7 heteroatoms. The standard InChI is InChI=1S/C17H17N3O3S/c1-4-15(21)19-17-16-12(20-24-17)7-11(9-18-16)10-5-6-13(22-2)14(8-10)23-3/h5-9H,4H2,1-3H3,(H,19,21). The highest BCUT2D eigenvalue weighted by Crippen LogP contribution is 2.34. The Kier molecular flexibility index (Phi) is 4.61. The molecule has 1 aromatic carbocycles. The molecule has 0 radical (unpaired) electrons. The molecule has 0 spiro atoms. The Balaban J connectivity index is 1.98. The molecule has 1 amide bonds. The van der Waals surface area contributed by atoms with Gasteiger partial charge < -0.3 is 14.8 Å². The first-order valence-electron chi connectivity index (χ1n) is 7.44. The maximum Gasteiger partial charge on any atom is 0.224 e. The van der Waals surface area contributed by atoms with Crippen molar-refractivity contribution in [2.45, 2.75) is 13.3 Å². The molecule has 6 nitrogen and oxygen atoms in total. The predicted molar refractivity (Wildman–Crippen MR) is 94.9 cm³/mol. The van der Waals surface area contributed by atoms with Crippen LogP contribution in [0.25, 0.3) is 22.2 Å². The molecule has 0 aliphatic heterocycles. The van der Waals surface area contributed by atoms with E-state index in [9.17, 15) is 4.79 Å². The minimum Gasteiger partial charge on any atom is -0.493 e. The van der Waals surface area contributed by atoms with E-state index in [1.807, 2.05) is 24.3 Å². The molecule has 0 aliphatic rings. The Morgan fingerprint density at radius 2 is 1.96 bits per heavy atom. The lowest BCUT2D eigenvalue weighted by Crippen LogP contribution is -2.08. The molecule has 124 valence electrons. The number of aromatic nitrogens is 2. The van der Waals surface area contributed by atoms with Crippen molar-refractivity contribution in [2.24, 2.45) is 0 Å². The van der Waals surface area contributed by atoms with Crippen LogP contribution in [0.2, 0.25) is 0 Å². The van der Waals surface area contributed by atoms with Gasteiger partial charge in [0.1, 0.15) is 16.0 Å². The fraction of sp³-hybridized carbons (Fsp3) is 0.235. The number of rotatable bonds is 5. The van der Waals surface area contributed by atoms with Crippen LogP contribution in [0.15, 0.2) is 30.5 Å². The molecule has 0 saturated heterocycles. The summed E-state index contributed by atoms with van der Waals surface area (Å²) in [5, 5.41) is 3.50. The normalized spacial score (nSPS) is 10.6. The number of nitrogens with zero attached hydrogens (tertiary/aromatic N) is 2. The van der Waals surface area contributed by atoms with Gasteiger partial charge in [-0.3, -0.25) is 9.78 Å². The maximum absolute atomic E-state index is 11.6. The van der Waals surface area contributed by atoms with Crippen LogP contribution >= 0.6 is 11.5 Å². The zero-order valence-electron chi connectivity index (χ0n) is 13.6. The lowest BCUT2D eigenvalue weighted by atomic mass is 10.1. The number of fused-ring (bicyclic) bond motifs is 1. The molecule has 1 N–H and O–H groups in total. The van der Waals surface area contributed by atoms with E-state index in [1.54, 1.807) is 27.3 Å². The van der Waals surface area contributed by atoms with Crippen molar-refractivity contribution in [3.05, 3.63) is 30.5 Å². The van der Waals surface area contributed by atoms with Crippen LogP contribution in [0.3, 0.4) is 0 Å². The highest BCUT2D eigenvalue weighted by atomic mass is 32.1. The molecule has 2 aromatic heterocycles. The number of carbonyl (C=O) groups excluding carboxylic acids is 1. The quantitative estimate of drug-likeness (QED) is 0.764. The van der Waals surface area contributed by atoms with E-state index < -0.39 is 0 Å². The molecular formula is C17H17N3O3S. The SMILES string of the molecule is CCC(=O)Nc1snc2cc(-c3ccc(OC)c(OC)c3)cnc12. The molecule has 24 heavy (non-hydrogen) atoms. The van der Waals surface area contributed by atoms with E-state index in [-0.39, 0.29) is 5.91 Å². The van der Waals surface area contributed by atoms with Crippen molar-refractivity contribution in [3.8, 4) is 22.6 Å². The van der Waals surface area contributed by atoms with Gasteiger partial charge in [-0.25, -0.2) is 0 Å². The van der Waals surface area contributed by atoms with Crippen LogP contribution in [-0.2, 0) is 4.79 Å². The van der Waals surface area contributed by atoms with E-state index in [0.29, 0.717) is 28.4 Å². The zero-order valence-corrected chi connectivity index (χ0v) is 14.4. The van der Waals surface area contributed by atoms with Crippen molar-refractivity contribution in [1.29, 1.82) is 0 Å². The maximum atomic E-state index is 11.6. The number of carbonyl (C=O) groups is 1. The number of pyridine rings is 1. The lowest BCUT2D eigenvalue weighted by Gasteiger charge is -2.09. The highest BCUT2D eigenvalue weighted by molar-refractivity contribution is 7.12. The molecule has 3 aromatic rings. The molecule has 2 heterocycles. The van der Waals surface area contributed by atoms with Crippen LogP contribution in [0, 0.1) is 0 Å². The molecule has 3 rings (SSSR count). The number of benzene rings is 1. The third-order valence-electron chi connectivity index (χ3n) is 3.61. The van der Waals surface area contributed by atoms with Gasteiger partial charge in [-0.2, -0.15) is 4.37 Å². The second-order valence-corrected chi connectivity index (χ2v) is 5.85. The molecule has 0 bridgehead atoms. The highest BCUT2D eigenvalue weighted by Gasteiger charge is 2.12. The third-order valence-corrected chi connectivity index (χ3v) is 4.37. The van der Waals surface area contributed by atoms with Gasteiger partial charge in [-0.15, -0.1) is 0 Å². The smallest absolute Gasteiger partial charge is 0.224 e. The summed E-state index contributed by atoms with van der Waals surface area (Å²) in [7, 11) is 3.21. The van der Waals surface area contributed by atoms with E-state index >= 15 is 0 Å². The Labute approximate surface area is 143 Å². The van der Waals surface area contributed by atoms with E-state index in [0.717, 1.165) is 16.6 Å².